The Kier molecular flexibility index (Phi) is 5.82. The number of hydrogen-bond acceptors (Lipinski definition) is 8. The van der Waals surface area contributed by atoms with Crippen molar-refractivity contribution < 1.29 is 19.1 Å². The molecule has 1 N–H and O–H groups in total. The van der Waals surface area contributed by atoms with Crippen LogP contribution in [0.3, 0.4) is 0 Å². The molecule has 27 heavy (non-hydrogen) atoms. The maximum atomic E-state index is 12.6. The molecule has 3 rings (SSSR count). The molecule has 3 aromatic rings. The molecule has 0 aliphatic rings. The van der Waals surface area contributed by atoms with Crippen LogP contribution in [0.2, 0.25) is 0 Å². The van der Waals surface area contributed by atoms with Crippen molar-refractivity contribution in [3.63, 3.8) is 0 Å². The van der Waals surface area contributed by atoms with E-state index >= 15 is 0 Å². The number of H-pyrrole nitrogens is 1. The number of nitrogens with zero attached hydrogens (tertiary/aromatic N) is 1. The van der Waals surface area contributed by atoms with Crippen LogP contribution in [-0.2, 0) is 19.1 Å². The Bertz CT molecular complexity index is 1050. The summed E-state index contributed by atoms with van der Waals surface area (Å²) in [6, 6.07) is 3.87. The maximum Gasteiger partial charge on any atom is 0.331 e. The molecule has 0 amide bonds. The first kappa shape index (κ1) is 19.0. The van der Waals surface area contributed by atoms with E-state index in [1.54, 1.807) is 25.2 Å². The number of esters is 2. The average Bonchev–Trinajstić information content (AvgIpc) is 3.29. The van der Waals surface area contributed by atoms with Crippen LogP contribution in [0, 0.1) is 0 Å². The van der Waals surface area contributed by atoms with Crippen LogP contribution in [0.15, 0.2) is 39.8 Å². The first-order valence-corrected chi connectivity index (χ1v) is 9.86. The molecule has 1 atom stereocenters. The number of fused-ring (bicyclic) bond motifs is 1. The summed E-state index contributed by atoms with van der Waals surface area (Å²) in [7, 11) is 0. The van der Waals surface area contributed by atoms with Gasteiger partial charge in [-0.15, -0.1) is 22.7 Å². The van der Waals surface area contributed by atoms with Crippen molar-refractivity contribution in [3.05, 3.63) is 51.2 Å². The first-order valence-electron chi connectivity index (χ1n) is 8.10. The lowest BCUT2D eigenvalue weighted by atomic mass is 10.2. The molecule has 0 aromatic carbocycles. The minimum absolute atomic E-state index is 0.216. The van der Waals surface area contributed by atoms with Crippen LogP contribution in [0.1, 0.15) is 25.8 Å². The van der Waals surface area contributed by atoms with E-state index < -0.39 is 18.0 Å². The topological polar surface area (TPSA) is 98.3 Å². The van der Waals surface area contributed by atoms with Gasteiger partial charge in [0.15, 0.2) is 11.9 Å². The molecule has 0 aliphatic carbocycles. The van der Waals surface area contributed by atoms with Crippen LogP contribution in [0.4, 0.5) is 0 Å². The van der Waals surface area contributed by atoms with Gasteiger partial charge in [0, 0.05) is 28.0 Å². The highest BCUT2D eigenvalue weighted by molar-refractivity contribution is 7.18. The van der Waals surface area contributed by atoms with Gasteiger partial charge < -0.3 is 14.5 Å². The zero-order chi connectivity index (χ0) is 19.4. The number of carbonyl (C=O) groups excluding carboxylic acids is 2. The summed E-state index contributed by atoms with van der Waals surface area (Å²) in [5, 5.41) is 4.36. The van der Waals surface area contributed by atoms with Crippen molar-refractivity contribution in [1.82, 2.24) is 9.97 Å². The van der Waals surface area contributed by atoms with Gasteiger partial charge in [0.2, 0.25) is 0 Å². The fraction of sp³-hybridized carbons (Fsp3) is 0.222. The van der Waals surface area contributed by atoms with E-state index in [0.717, 1.165) is 22.6 Å². The van der Waals surface area contributed by atoms with Gasteiger partial charge in [0.1, 0.15) is 4.83 Å². The van der Waals surface area contributed by atoms with E-state index in [-0.39, 0.29) is 18.0 Å². The number of thiophene rings is 2. The monoisotopic (exact) mass is 404 g/mol. The summed E-state index contributed by atoms with van der Waals surface area (Å²) >= 11 is 2.90. The number of ether oxygens (including phenoxy) is 2. The van der Waals surface area contributed by atoms with Crippen molar-refractivity contribution in [3.8, 4) is 10.4 Å². The fourth-order valence-corrected chi connectivity index (χ4v) is 4.14. The fourth-order valence-electron chi connectivity index (χ4n) is 2.37. The van der Waals surface area contributed by atoms with E-state index in [1.165, 1.54) is 11.3 Å². The molecular weight excluding hydrogens is 388 g/mol. The van der Waals surface area contributed by atoms with Crippen molar-refractivity contribution in [2.45, 2.75) is 20.0 Å². The van der Waals surface area contributed by atoms with E-state index in [9.17, 15) is 14.4 Å². The van der Waals surface area contributed by atoms with Gasteiger partial charge in [0.05, 0.1) is 12.0 Å². The quantitative estimate of drug-likeness (QED) is 0.499. The van der Waals surface area contributed by atoms with Gasteiger partial charge in [-0.25, -0.2) is 14.6 Å². The molecule has 0 saturated carbocycles. The molecule has 3 aromatic heterocycles. The standard InChI is InChI=1S/C18H16N2O5S2/c1-3-24-13(21)6-7-14(22)25-10(2)16-19-17(23)15-11(9-27-18(15)20-16)12-5-4-8-26-12/h4-10H,3H2,1-2H3,(H,19,20,23)/b7-6+/t10-/m1/s1. The number of nitrogens with one attached hydrogen (secondary N) is 1. The van der Waals surface area contributed by atoms with Crippen LogP contribution < -0.4 is 5.56 Å². The molecule has 0 bridgehead atoms. The van der Waals surface area contributed by atoms with Crippen molar-refractivity contribution in [1.29, 1.82) is 0 Å². The third-order valence-electron chi connectivity index (χ3n) is 3.57. The molecule has 3 heterocycles. The zero-order valence-electron chi connectivity index (χ0n) is 14.6. The molecule has 7 nitrogen and oxygen atoms in total. The highest BCUT2D eigenvalue weighted by Crippen LogP contribution is 2.33. The Morgan fingerprint density at radius 2 is 2.07 bits per heavy atom. The zero-order valence-corrected chi connectivity index (χ0v) is 16.2. The Balaban J connectivity index is 1.80. The number of carbonyl (C=O) groups is 2. The molecule has 0 radical (unpaired) electrons. The van der Waals surface area contributed by atoms with Gasteiger partial charge in [-0.2, -0.15) is 0 Å². The number of aromatic amines is 1. The van der Waals surface area contributed by atoms with Gasteiger partial charge in [0.25, 0.3) is 5.56 Å². The second kappa shape index (κ2) is 8.28. The Hall–Kier alpha value is -2.78. The van der Waals surface area contributed by atoms with Gasteiger partial charge in [-0.3, -0.25) is 4.79 Å². The minimum Gasteiger partial charge on any atom is -0.463 e. The van der Waals surface area contributed by atoms with Crippen LogP contribution in [0.25, 0.3) is 20.7 Å². The second-order valence-corrected chi connectivity index (χ2v) is 7.23. The third kappa shape index (κ3) is 4.32. The Labute approximate surface area is 162 Å². The third-order valence-corrected chi connectivity index (χ3v) is 5.34. The molecular formula is C18H16N2O5S2. The minimum atomic E-state index is -0.784. The highest BCUT2D eigenvalue weighted by Gasteiger charge is 2.18. The van der Waals surface area contributed by atoms with Crippen LogP contribution >= 0.6 is 22.7 Å². The summed E-state index contributed by atoms with van der Waals surface area (Å²) in [5.74, 6) is -1.12. The smallest absolute Gasteiger partial charge is 0.331 e. The number of hydrogen-bond donors (Lipinski definition) is 1. The van der Waals surface area contributed by atoms with E-state index in [1.807, 2.05) is 22.9 Å². The van der Waals surface area contributed by atoms with E-state index in [4.69, 9.17) is 4.74 Å². The van der Waals surface area contributed by atoms with Gasteiger partial charge >= 0.3 is 11.9 Å². The molecule has 140 valence electrons. The molecule has 0 fully saturated rings. The second-order valence-electron chi connectivity index (χ2n) is 5.42. The lowest BCUT2D eigenvalue weighted by molar-refractivity contribution is -0.144. The molecule has 0 saturated heterocycles. The van der Waals surface area contributed by atoms with Gasteiger partial charge in [-0.1, -0.05) is 6.07 Å². The highest BCUT2D eigenvalue weighted by atomic mass is 32.1. The maximum absolute atomic E-state index is 12.6. The number of rotatable bonds is 6. The summed E-state index contributed by atoms with van der Waals surface area (Å²) in [6.07, 6.45) is 1.18. The van der Waals surface area contributed by atoms with Gasteiger partial charge in [-0.05, 0) is 25.3 Å². The largest absolute Gasteiger partial charge is 0.463 e. The predicted octanol–water partition coefficient (Wildman–Crippen LogP) is 3.44. The van der Waals surface area contributed by atoms with Crippen molar-refractivity contribution in [2.75, 3.05) is 6.61 Å². The molecule has 0 aliphatic heterocycles. The summed E-state index contributed by atoms with van der Waals surface area (Å²) < 4.78 is 9.88. The predicted molar refractivity (Wildman–Crippen MR) is 104 cm³/mol. The van der Waals surface area contributed by atoms with Crippen molar-refractivity contribution in [2.24, 2.45) is 0 Å². The van der Waals surface area contributed by atoms with Crippen LogP contribution in [0.5, 0.6) is 0 Å². The number of aromatic nitrogens is 2. The summed E-state index contributed by atoms with van der Waals surface area (Å²) in [6.45, 7) is 3.47. The summed E-state index contributed by atoms with van der Waals surface area (Å²) in [4.78, 5) is 44.2. The first-order chi connectivity index (χ1) is 13.0. The SMILES string of the molecule is CCOC(=O)/C=C/C(=O)O[C@H](C)c1nc2scc(-c3cccs3)c2c(=O)[nH]1. The molecule has 9 heteroatoms. The lowest BCUT2D eigenvalue weighted by Gasteiger charge is -2.11. The lowest BCUT2D eigenvalue weighted by Crippen LogP contribution is -2.16. The molecule has 0 unspecified atom stereocenters. The van der Waals surface area contributed by atoms with Crippen molar-refractivity contribution >= 4 is 44.8 Å². The van der Waals surface area contributed by atoms with E-state index in [2.05, 4.69) is 14.7 Å². The average molecular weight is 404 g/mol. The summed E-state index contributed by atoms with van der Waals surface area (Å²) in [5.41, 5.74) is 0.553. The Morgan fingerprint density at radius 3 is 2.78 bits per heavy atom. The van der Waals surface area contributed by atoms with E-state index in [0.29, 0.717) is 10.2 Å². The molecule has 0 spiro atoms. The van der Waals surface area contributed by atoms with Crippen LogP contribution in [-0.4, -0.2) is 28.5 Å². The normalized spacial score (nSPS) is 12.4. The Morgan fingerprint density at radius 1 is 1.30 bits per heavy atom.